The van der Waals surface area contributed by atoms with Crippen molar-refractivity contribution in [1.82, 2.24) is 19.1 Å². The van der Waals surface area contributed by atoms with Gasteiger partial charge < -0.3 is 28.7 Å². The van der Waals surface area contributed by atoms with Crippen molar-refractivity contribution < 1.29 is 54.9 Å². The molecule has 4 heterocycles. The Labute approximate surface area is 356 Å². The summed E-state index contributed by atoms with van der Waals surface area (Å²) in [6.45, 7) is 5.85. The van der Waals surface area contributed by atoms with Crippen LogP contribution >= 0.6 is 0 Å². The van der Waals surface area contributed by atoms with E-state index in [2.05, 4.69) is 19.8 Å². The van der Waals surface area contributed by atoms with Crippen molar-refractivity contribution in [2.45, 2.75) is 102 Å². The van der Waals surface area contributed by atoms with Gasteiger partial charge in [-0.25, -0.2) is 9.13 Å². The summed E-state index contributed by atoms with van der Waals surface area (Å²) in [5.74, 6) is -0.314. The lowest BCUT2D eigenvalue weighted by Gasteiger charge is -2.28. The highest BCUT2D eigenvalue weighted by Gasteiger charge is 2.63. The van der Waals surface area contributed by atoms with Gasteiger partial charge in [-0.05, 0) is 87.8 Å². The molecule has 2 saturated carbocycles. The molecular formula is C44H56F6N6O6. The summed E-state index contributed by atoms with van der Waals surface area (Å²) in [5, 5.41) is 0. The third kappa shape index (κ3) is 10.1. The number of halogens is 6. The van der Waals surface area contributed by atoms with Crippen LogP contribution < -0.4 is 19.3 Å². The van der Waals surface area contributed by atoms with Crippen LogP contribution in [0.5, 0.6) is 12.0 Å². The Morgan fingerprint density at radius 2 is 1.03 bits per heavy atom. The Morgan fingerprint density at radius 1 is 0.597 bits per heavy atom. The first-order valence-corrected chi connectivity index (χ1v) is 21.7. The molecule has 0 radical (unpaired) electrons. The quantitative estimate of drug-likeness (QED) is 0.0797. The summed E-state index contributed by atoms with van der Waals surface area (Å²) in [5.41, 5.74) is 1.80. The van der Waals surface area contributed by atoms with Crippen molar-refractivity contribution in [3.8, 4) is 12.0 Å². The maximum Gasteiger partial charge on any atom is 0.394 e. The number of rotatable bonds is 16. The molecule has 0 atom stereocenters. The minimum Gasteiger partial charge on any atom is -0.468 e. The van der Waals surface area contributed by atoms with Gasteiger partial charge in [0.25, 0.3) is 0 Å². The number of hydrogen-bond donors (Lipinski definition) is 0. The molecule has 0 N–H and O–H groups in total. The third-order valence-electron chi connectivity index (χ3n) is 12.8. The molecule has 62 heavy (non-hydrogen) atoms. The second-order valence-electron chi connectivity index (χ2n) is 16.9. The molecule has 8 rings (SSSR count). The van der Waals surface area contributed by atoms with Crippen molar-refractivity contribution >= 4 is 45.3 Å². The van der Waals surface area contributed by atoms with E-state index < -0.39 is 23.2 Å². The number of carbonyl (C=O) groups is 2. The topological polar surface area (TPSA) is 113 Å². The number of aromatic nitrogens is 4. The smallest absolute Gasteiger partial charge is 0.394 e. The van der Waals surface area contributed by atoms with Crippen LogP contribution in [-0.2, 0) is 9.47 Å². The largest absolute Gasteiger partial charge is 0.468 e. The molecule has 0 spiro atoms. The number of fused-ring (bicyclic) bond motifs is 2. The van der Waals surface area contributed by atoms with Gasteiger partial charge >= 0.3 is 24.4 Å². The summed E-state index contributed by atoms with van der Waals surface area (Å²) < 4.78 is 103. The molecule has 4 fully saturated rings. The molecule has 0 amide bonds. The number of unbranched alkanes of at least 4 members (excludes halogenated alkanes) is 4. The molecule has 2 aromatic carbocycles. The average Bonchev–Trinajstić information content (AvgIpc) is 4.18. The highest BCUT2D eigenvalue weighted by molar-refractivity contribution is 5.94. The molecule has 4 aromatic rings. The standard InChI is InChI=1S/2C22H28F3N3O3/c1-30-20-26-17-15-16(27-11-13-31-14-12-27)6-7-18(17)28(20)19(29)5-3-2-4-8-21(9-10-21)22(23,24)25;1-30-20-26-17-7-6-16(27-11-13-31-14-12-27)15-18(17)28(20)19(29)5-3-2-4-8-21(9-10-21)22(23,24)25/h2*6-7,15H,2-5,8-14H2,1H3. The number of carbonyl (C=O) groups excluding carboxylic acids is 2. The predicted molar refractivity (Wildman–Crippen MR) is 222 cm³/mol. The van der Waals surface area contributed by atoms with Gasteiger partial charge in [-0.2, -0.15) is 36.3 Å². The van der Waals surface area contributed by atoms with E-state index in [9.17, 15) is 35.9 Å². The van der Waals surface area contributed by atoms with Crippen LogP contribution in [0.3, 0.4) is 0 Å². The maximum atomic E-state index is 13.0. The predicted octanol–water partition coefficient (Wildman–Crippen LogP) is 9.63. The summed E-state index contributed by atoms with van der Waals surface area (Å²) >= 11 is 0. The van der Waals surface area contributed by atoms with Crippen LogP contribution in [0.1, 0.15) is 99.5 Å². The van der Waals surface area contributed by atoms with Crippen molar-refractivity contribution in [1.29, 1.82) is 0 Å². The zero-order valence-electron chi connectivity index (χ0n) is 35.4. The molecule has 340 valence electrons. The second kappa shape index (κ2) is 19.0. The molecular weight excluding hydrogens is 823 g/mol. The van der Waals surface area contributed by atoms with Gasteiger partial charge in [0.2, 0.25) is 11.8 Å². The zero-order chi connectivity index (χ0) is 44.1. The number of nitrogens with zero attached hydrogens (tertiary/aromatic N) is 6. The Morgan fingerprint density at radius 3 is 1.48 bits per heavy atom. The summed E-state index contributed by atoms with van der Waals surface area (Å²) in [6, 6.07) is 12.0. The lowest BCUT2D eigenvalue weighted by Crippen LogP contribution is -2.36. The van der Waals surface area contributed by atoms with Gasteiger partial charge in [-0.15, -0.1) is 0 Å². The monoisotopic (exact) mass is 878 g/mol. The fourth-order valence-corrected chi connectivity index (χ4v) is 8.59. The number of anilines is 2. The Hall–Kier alpha value is -4.58. The molecule has 0 unspecified atom stereocenters. The van der Waals surface area contributed by atoms with E-state index in [-0.39, 0.29) is 75.2 Å². The second-order valence-corrected chi connectivity index (χ2v) is 16.9. The van der Waals surface area contributed by atoms with E-state index in [1.807, 2.05) is 36.4 Å². The van der Waals surface area contributed by atoms with E-state index >= 15 is 0 Å². The highest BCUT2D eigenvalue weighted by Crippen LogP contribution is 2.61. The van der Waals surface area contributed by atoms with Crippen molar-refractivity contribution in [2.24, 2.45) is 10.8 Å². The van der Waals surface area contributed by atoms with Crippen molar-refractivity contribution in [3.63, 3.8) is 0 Å². The Balaban J connectivity index is 0.000000186. The first-order valence-electron chi connectivity index (χ1n) is 21.7. The Kier molecular flexibility index (Phi) is 13.9. The minimum absolute atomic E-state index is 0.157. The first kappa shape index (κ1) is 45.4. The fourth-order valence-electron chi connectivity index (χ4n) is 8.59. The molecule has 4 aliphatic rings. The minimum atomic E-state index is -4.11. The van der Waals surface area contributed by atoms with E-state index in [0.717, 1.165) is 37.6 Å². The number of alkyl halides is 6. The number of imidazole rings is 2. The summed E-state index contributed by atoms with van der Waals surface area (Å²) in [6.07, 6.45) is -3.23. The lowest BCUT2D eigenvalue weighted by atomic mass is 9.97. The van der Waals surface area contributed by atoms with Crippen molar-refractivity contribution in [2.75, 3.05) is 76.6 Å². The van der Waals surface area contributed by atoms with Gasteiger partial charge in [-0.3, -0.25) is 9.59 Å². The van der Waals surface area contributed by atoms with Gasteiger partial charge in [0.1, 0.15) is 0 Å². The SMILES string of the molecule is COc1nc2cc(N3CCOCC3)ccc2n1C(=O)CCCCCC1(C(F)(F)F)CC1.COc1nc2ccc(N3CCOCC3)cc2n1C(=O)CCCCCC1(C(F)(F)F)CC1. The van der Waals surface area contributed by atoms with E-state index in [0.29, 0.717) is 87.0 Å². The van der Waals surface area contributed by atoms with E-state index in [1.54, 1.807) is 0 Å². The van der Waals surface area contributed by atoms with E-state index in [4.69, 9.17) is 18.9 Å². The molecule has 18 heteroatoms. The molecule has 0 bridgehead atoms. The number of benzene rings is 2. The van der Waals surface area contributed by atoms with Crippen LogP contribution in [0.4, 0.5) is 37.7 Å². The first-order chi connectivity index (χ1) is 29.7. The fraction of sp³-hybridized carbons (Fsp3) is 0.636. The zero-order valence-corrected chi connectivity index (χ0v) is 35.4. The average molecular weight is 879 g/mol. The van der Waals surface area contributed by atoms with Crippen LogP contribution in [-0.4, -0.2) is 110 Å². The molecule has 2 aliphatic heterocycles. The number of methoxy groups -OCH3 is 2. The molecule has 2 saturated heterocycles. The van der Waals surface area contributed by atoms with Gasteiger partial charge in [-0.1, -0.05) is 25.7 Å². The maximum absolute atomic E-state index is 13.0. The third-order valence-corrected chi connectivity index (χ3v) is 12.8. The summed E-state index contributed by atoms with van der Waals surface area (Å²) in [7, 11) is 2.94. The number of morpholine rings is 2. The van der Waals surface area contributed by atoms with Gasteiger partial charge in [0.15, 0.2) is 0 Å². The normalized spacial score (nSPS) is 18.4. The molecule has 2 aliphatic carbocycles. The van der Waals surface area contributed by atoms with Crippen LogP contribution in [0.2, 0.25) is 0 Å². The molecule has 2 aromatic heterocycles. The van der Waals surface area contributed by atoms with Crippen LogP contribution in [0, 0.1) is 10.8 Å². The molecule has 12 nitrogen and oxygen atoms in total. The lowest BCUT2D eigenvalue weighted by molar-refractivity contribution is -0.189. The van der Waals surface area contributed by atoms with Crippen molar-refractivity contribution in [3.05, 3.63) is 36.4 Å². The number of ether oxygens (including phenoxy) is 4. The van der Waals surface area contributed by atoms with E-state index in [1.165, 1.54) is 23.4 Å². The van der Waals surface area contributed by atoms with Crippen LogP contribution in [0.15, 0.2) is 36.4 Å². The number of hydrogen-bond acceptors (Lipinski definition) is 10. The highest BCUT2D eigenvalue weighted by atomic mass is 19.4. The van der Waals surface area contributed by atoms with Gasteiger partial charge in [0, 0.05) is 50.4 Å². The summed E-state index contributed by atoms with van der Waals surface area (Å²) in [4.78, 5) is 39.1. The van der Waals surface area contributed by atoms with Gasteiger partial charge in [0.05, 0.1) is 73.5 Å². The Bertz CT molecular complexity index is 2160. The van der Waals surface area contributed by atoms with Crippen LogP contribution in [0.25, 0.3) is 22.1 Å².